The van der Waals surface area contributed by atoms with Crippen molar-refractivity contribution in [2.45, 2.75) is 6.18 Å². The van der Waals surface area contributed by atoms with Crippen LogP contribution in [0.4, 0.5) is 13.2 Å². The number of halogens is 3. The molecule has 19 heavy (non-hydrogen) atoms. The van der Waals surface area contributed by atoms with Crippen LogP contribution in [0.5, 0.6) is 5.75 Å². The molecular weight excluding hydrogens is 253 g/mol. The highest BCUT2D eigenvalue weighted by Gasteiger charge is 2.31. The monoisotopic (exact) mass is 265 g/mol. The SMILES string of the molecule is [CH2]c1ccccc1-c1ccc(C(F)(F)F)cc1OC. The summed E-state index contributed by atoms with van der Waals surface area (Å²) in [6.45, 7) is 3.87. The molecule has 0 bridgehead atoms. The minimum Gasteiger partial charge on any atom is -0.496 e. The highest BCUT2D eigenvalue weighted by Crippen LogP contribution is 2.37. The van der Waals surface area contributed by atoms with Crippen LogP contribution in [-0.2, 0) is 6.18 Å². The maximum atomic E-state index is 12.6. The predicted molar refractivity (Wildman–Crippen MR) is 67.9 cm³/mol. The summed E-state index contributed by atoms with van der Waals surface area (Å²) in [4.78, 5) is 0. The van der Waals surface area contributed by atoms with Gasteiger partial charge in [-0.15, -0.1) is 0 Å². The lowest BCUT2D eigenvalue weighted by atomic mass is 9.98. The standard InChI is InChI=1S/C15H12F3O/c1-10-5-3-4-6-12(10)13-8-7-11(15(16,17)18)9-14(13)19-2/h3-9H,1H2,2H3. The van der Waals surface area contributed by atoms with Crippen molar-refractivity contribution in [2.24, 2.45) is 0 Å². The first-order valence-electron chi connectivity index (χ1n) is 5.60. The van der Waals surface area contributed by atoms with Crippen LogP contribution < -0.4 is 4.74 Å². The summed E-state index contributed by atoms with van der Waals surface area (Å²) < 4.78 is 43.0. The van der Waals surface area contributed by atoms with Crippen molar-refractivity contribution in [3.05, 3.63) is 60.5 Å². The Labute approximate surface area is 109 Å². The molecule has 0 aliphatic carbocycles. The molecule has 0 aromatic heterocycles. The third-order valence-electron chi connectivity index (χ3n) is 2.84. The Balaban J connectivity index is 2.57. The van der Waals surface area contributed by atoms with E-state index in [2.05, 4.69) is 6.92 Å². The van der Waals surface area contributed by atoms with Gasteiger partial charge in [0.25, 0.3) is 0 Å². The van der Waals surface area contributed by atoms with Crippen LogP contribution in [0, 0.1) is 6.92 Å². The number of hydrogen-bond donors (Lipinski definition) is 0. The molecule has 0 aliphatic rings. The van der Waals surface area contributed by atoms with Crippen molar-refractivity contribution in [1.82, 2.24) is 0 Å². The molecule has 0 aliphatic heterocycles. The van der Waals surface area contributed by atoms with E-state index in [4.69, 9.17) is 4.74 Å². The van der Waals surface area contributed by atoms with Gasteiger partial charge in [-0.3, -0.25) is 0 Å². The van der Waals surface area contributed by atoms with Gasteiger partial charge in [-0.1, -0.05) is 30.3 Å². The van der Waals surface area contributed by atoms with Crippen LogP contribution in [-0.4, -0.2) is 7.11 Å². The number of methoxy groups -OCH3 is 1. The second-order valence-corrected chi connectivity index (χ2v) is 4.07. The fourth-order valence-corrected chi connectivity index (χ4v) is 1.87. The predicted octanol–water partition coefficient (Wildman–Crippen LogP) is 4.56. The van der Waals surface area contributed by atoms with Crippen LogP contribution in [0.15, 0.2) is 42.5 Å². The van der Waals surface area contributed by atoms with E-state index >= 15 is 0 Å². The molecule has 4 heteroatoms. The topological polar surface area (TPSA) is 9.23 Å². The first-order chi connectivity index (χ1) is 8.93. The van der Waals surface area contributed by atoms with E-state index in [1.54, 1.807) is 18.2 Å². The van der Waals surface area contributed by atoms with Gasteiger partial charge in [0.15, 0.2) is 0 Å². The molecule has 2 aromatic rings. The van der Waals surface area contributed by atoms with Crippen molar-refractivity contribution in [1.29, 1.82) is 0 Å². The molecule has 0 unspecified atom stereocenters. The van der Waals surface area contributed by atoms with E-state index in [1.165, 1.54) is 13.2 Å². The first kappa shape index (κ1) is 13.5. The molecule has 0 N–H and O–H groups in total. The number of hydrogen-bond acceptors (Lipinski definition) is 1. The quantitative estimate of drug-likeness (QED) is 0.773. The van der Waals surface area contributed by atoms with Crippen LogP contribution >= 0.6 is 0 Å². The zero-order chi connectivity index (χ0) is 14.0. The molecule has 0 spiro atoms. The van der Waals surface area contributed by atoms with E-state index in [0.29, 0.717) is 5.56 Å². The van der Waals surface area contributed by atoms with Crippen molar-refractivity contribution in [3.63, 3.8) is 0 Å². The molecule has 0 heterocycles. The third kappa shape index (κ3) is 2.72. The molecule has 2 rings (SSSR count). The molecule has 1 radical (unpaired) electrons. The number of rotatable bonds is 2. The van der Waals surface area contributed by atoms with Gasteiger partial charge in [-0.05, 0) is 30.2 Å². The van der Waals surface area contributed by atoms with Crippen molar-refractivity contribution in [3.8, 4) is 16.9 Å². The summed E-state index contributed by atoms with van der Waals surface area (Å²) in [5.41, 5.74) is 1.37. The van der Waals surface area contributed by atoms with E-state index in [-0.39, 0.29) is 5.75 Å². The van der Waals surface area contributed by atoms with Gasteiger partial charge in [0, 0.05) is 5.56 Å². The lowest BCUT2D eigenvalue weighted by Crippen LogP contribution is -2.05. The van der Waals surface area contributed by atoms with Crippen LogP contribution in [0.25, 0.3) is 11.1 Å². The largest absolute Gasteiger partial charge is 0.496 e. The smallest absolute Gasteiger partial charge is 0.416 e. The minimum atomic E-state index is -4.38. The summed E-state index contributed by atoms with van der Waals surface area (Å²) in [5.74, 6) is 0.186. The Morgan fingerprint density at radius 1 is 1.00 bits per heavy atom. The fraction of sp³-hybridized carbons (Fsp3) is 0.133. The maximum absolute atomic E-state index is 12.6. The van der Waals surface area contributed by atoms with E-state index < -0.39 is 11.7 Å². The zero-order valence-electron chi connectivity index (χ0n) is 10.3. The maximum Gasteiger partial charge on any atom is 0.416 e. The Morgan fingerprint density at radius 2 is 1.68 bits per heavy atom. The van der Waals surface area contributed by atoms with Crippen LogP contribution in [0.3, 0.4) is 0 Å². The van der Waals surface area contributed by atoms with Crippen molar-refractivity contribution in [2.75, 3.05) is 7.11 Å². The fourth-order valence-electron chi connectivity index (χ4n) is 1.87. The highest BCUT2D eigenvalue weighted by atomic mass is 19.4. The average molecular weight is 265 g/mol. The Bertz CT molecular complexity index is 588. The average Bonchev–Trinajstić information content (AvgIpc) is 2.37. The van der Waals surface area contributed by atoms with Crippen molar-refractivity contribution >= 4 is 0 Å². The number of benzene rings is 2. The molecule has 0 atom stereocenters. The lowest BCUT2D eigenvalue weighted by molar-refractivity contribution is -0.137. The molecule has 0 saturated heterocycles. The van der Waals surface area contributed by atoms with Crippen LogP contribution in [0.2, 0.25) is 0 Å². The summed E-state index contributed by atoms with van der Waals surface area (Å²) >= 11 is 0. The highest BCUT2D eigenvalue weighted by molar-refractivity contribution is 5.74. The molecule has 2 aromatic carbocycles. The van der Waals surface area contributed by atoms with Crippen LogP contribution in [0.1, 0.15) is 11.1 Å². The Morgan fingerprint density at radius 3 is 2.26 bits per heavy atom. The molecule has 0 fully saturated rings. The van der Waals surface area contributed by atoms with Gasteiger partial charge in [-0.25, -0.2) is 0 Å². The van der Waals surface area contributed by atoms with Gasteiger partial charge in [0.05, 0.1) is 12.7 Å². The van der Waals surface area contributed by atoms with Gasteiger partial charge < -0.3 is 4.74 Å². The van der Waals surface area contributed by atoms with Gasteiger partial charge in [0.2, 0.25) is 0 Å². The second-order valence-electron chi connectivity index (χ2n) is 4.07. The summed E-state index contributed by atoms with van der Waals surface area (Å²) in [6.07, 6.45) is -4.38. The summed E-state index contributed by atoms with van der Waals surface area (Å²) in [7, 11) is 1.35. The molecule has 0 amide bonds. The Kier molecular flexibility index (Phi) is 3.51. The van der Waals surface area contributed by atoms with Crippen molar-refractivity contribution < 1.29 is 17.9 Å². The van der Waals surface area contributed by atoms with E-state index in [0.717, 1.165) is 23.3 Å². The minimum absolute atomic E-state index is 0.186. The van der Waals surface area contributed by atoms with Gasteiger partial charge in [0.1, 0.15) is 5.75 Å². The zero-order valence-corrected chi connectivity index (χ0v) is 10.3. The molecule has 1 nitrogen and oxygen atoms in total. The summed E-state index contributed by atoms with van der Waals surface area (Å²) in [6, 6.07) is 10.7. The molecular formula is C15H12F3O. The first-order valence-corrected chi connectivity index (χ1v) is 5.60. The molecule has 0 saturated carbocycles. The Hall–Kier alpha value is -1.97. The normalized spacial score (nSPS) is 11.4. The van der Waals surface area contributed by atoms with Gasteiger partial charge in [-0.2, -0.15) is 13.2 Å². The number of ether oxygens (including phenoxy) is 1. The van der Waals surface area contributed by atoms with E-state index in [9.17, 15) is 13.2 Å². The number of alkyl halides is 3. The van der Waals surface area contributed by atoms with Gasteiger partial charge >= 0.3 is 6.18 Å². The summed E-state index contributed by atoms with van der Waals surface area (Å²) in [5, 5.41) is 0. The van der Waals surface area contributed by atoms with E-state index in [1.807, 2.05) is 6.07 Å². The lowest BCUT2D eigenvalue weighted by Gasteiger charge is -2.14. The third-order valence-corrected chi connectivity index (χ3v) is 2.84. The molecule has 99 valence electrons. The second kappa shape index (κ2) is 4.96.